The first-order chi connectivity index (χ1) is 11.5. The maximum Gasteiger partial charge on any atom is 0.335 e. The number of rotatable bonds is 8. The van der Waals surface area contributed by atoms with Crippen LogP contribution in [0.5, 0.6) is 0 Å². The Hall–Kier alpha value is -2.21. The summed E-state index contributed by atoms with van der Waals surface area (Å²) < 4.78 is 16.1. The molecule has 0 saturated heterocycles. The lowest BCUT2D eigenvalue weighted by molar-refractivity contribution is -0.158. The van der Waals surface area contributed by atoms with Gasteiger partial charge in [0.2, 0.25) is 5.89 Å². The summed E-state index contributed by atoms with van der Waals surface area (Å²) in [6.45, 7) is 8.36. The molecule has 0 aliphatic heterocycles. The van der Waals surface area contributed by atoms with Gasteiger partial charge in [-0.15, -0.1) is 10.2 Å². The number of ether oxygens (including phenoxy) is 2. The number of carbonyl (C=O) groups excluding carboxylic acids is 1. The number of benzene rings is 1. The highest BCUT2D eigenvalue weighted by molar-refractivity contribution is 5.74. The highest BCUT2D eigenvalue weighted by Gasteiger charge is 2.17. The van der Waals surface area contributed by atoms with Crippen LogP contribution in [0.3, 0.4) is 0 Å². The van der Waals surface area contributed by atoms with Crippen molar-refractivity contribution in [1.82, 2.24) is 10.2 Å². The average molecular weight is 332 g/mol. The zero-order chi connectivity index (χ0) is 17.5. The molecule has 1 unspecified atom stereocenters. The quantitative estimate of drug-likeness (QED) is 0.688. The van der Waals surface area contributed by atoms with Gasteiger partial charge in [-0.05, 0) is 38.3 Å². The summed E-state index contributed by atoms with van der Waals surface area (Å²) >= 11 is 0. The molecule has 6 nitrogen and oxygen atoms in total. The minimum atomic E-state index is -0.608. The van der Waals surface area contributed by atoms with E-state index in [2.05, 4.69) is 24.0 Å². The molecular weight excluding hydrogens is 308 g/mol. The van der Waals surface area contributed by atoms with Crippen molar-refractivity contribution < 1.29 is 18.7 Å². The van der Waals surface area contributed by atoms with Gasteiger partial charge in [0.05, 0.1) is 0 Å². The number of nitrogens with zero attached hydrogens (tertiary/aromatic N) is 2. The molecule has 0 aliphatic rings. The number of hydrogen-bond donors (Lipinski definition) is 0. The normalized spacial score (nSPS) is 12.4. The van der Waals surface area contributed by atoms with Gasteiger partial charge in [-0.3, -0.25) is 0 Å². The van der Waals surface area contributed by atoms with Crippen LogP contribution < -0.4 is 0 Å². The number of carbonyl (C=O) groups is 1. The third-order valence-electron chi connectivity index (χ3n) is 3.50. The van der Waals surface area contributed by atoms with Gasteiger partial charge in [0.25, 0.3) is 5.89 Å². The number of hydrogen-bond acceptors (Lipinski definition) is 6. The molecule has 0 saturated carbocycles. The van der Waals surface area contributed by atoms with E-state index >= 15 is 0 Å². The molecule has 0 fully saturated rings. The molecule has 1 aromatic carbocycles. The highest BCUT2D eigenvalue weighted by atomic mass is 16.6. The summed E-state index contributed by atoms with van der Waals surface area (Å²) in [4.78, 5) is 11.9. The van der Waals surface area contributed by atoms with Crippen LogP contribution in [-0.4, -0.2) is 28.9 Å². The molecule has 1 heterocycles. The summed E-state index contributed by atoms with van der Waals surface area (Å²) in [6, 6.07) is 7.75. The minimum absolute atomic E-state index is 0.0599. The topological polar surface area (TPSA) is 74.5 Å². The van der Waals surface area contributed by atoms with Crippen molar-refractivity contribution >= 4 is 5.97 Å². The smallest absolute Gasteiger partial charge is 0.335 e. The Bertz CT molecular complexity index is 649. The molecule has 0 spiro atoms. The van der Waals surface area contributed by atoms with Crippen molar-refractivity contribution in [2.45, 2.75) is 46.8 Å². The van der Waals surface area contributed by atoms with Crippen LogP contribution >= 0.6 is 0 Å². The number of aryl methyl sites for hydroxylation is 1. The average Bonchev–Trinajstić information content (AvgIpc) is 3.01. The maximum atomic E-state index is 11.9. The van der Waals surface area contributed by atoms with Crippen LogP contribution in [0.2, 0.25) is 0 Å². The fourth-order valence-electron chi connectivity index (χ4n) is 1.92. The minimum Gasteiger partial charge on any atom is -0.454 e. The standard InChI is InChI=1S/C18H24N2O4/c1-12(2)9-10-22-14(4)18(21)23-11-16-19-20-17(24-16)15-7-5-13(3)6-8-15/h5-8,12,14H,9-11H2,1-4H3. The van der Waals surface area contributed by atoms with Crippen LogP contribution in [0.1, 0.15) is 38.6 Å². The van der Waals surface area contributed by atoms with Crippen LogP contribution in [0.15, 0.2) is 28.7 Å². The number of aromatic nitrogens is 2. The molecule has 6 heteroatoms. The SMILES string of the molecule is Cc1ccc(-c2nnc(COC(=O)C(C)OCCC(C)C)o2)cc1. The lowest BCUT2D eigenvalue weighted by Crippen LogP contribution is -2.24. The number of esters is 1. The first kappa shape index (κ1) is 18.1. The summed E-state index contributed by atoms with van der Waals surface area (Å²) in [6.07, 6.45) is 0.296. The van der Waals surface area contributed by atoms with Gasteiger partial charge in [-0.1, -0.05) is 31.5 Å². The van der Waals surface area contributed by atoms with E-state index in [1.807, 2.05) is 31.2 Å². The van der Waals surface area contributed by atoms with Gasteiger partial charge in [-0.25, -0.2) is 4.79 Å². The Morgan fingerprint density at radius 2 is 1.88 bits per heavy atom. The summed E-state index contributed by atoms with van der Waals surface area (Å²) in [5.41, 5.74) is 1.98. The first-order valence-electron chi connectivity index (χ1n) is 8.13. The Kier molecular flexibility index (Phi) is 6.49. The van der Waals surface area contributed by atoms with Crippen LogP contribution in [0.25, 0.3) is 11.5 Å². The molecular formula is C18H24N2O4. The zero-order valence-electron chi connectivity index (χ0n) is 14.6. The summed E-state index contributed by atoms with van der Waals surface area (Å²) in [5, 5.41) is 7.87. The molecule has 1 aromatic heterocycles. The van der Waals surface area contributed by atoms with E-state index in [0.29, 0.717) is 18.4 Å². The molecule has 2 rings (SSSR count). The van der Waals surface area contributed by atoms with E-state index in [1.165, 1.54) is 0 Å². The summed E-state index contributed by atoms with van der Waals surface area (Å²) in [7, 11) is 0. The highest BCUT2D eigenvalue weighted by Crippen LogP contribution is 2.18. The molecule has 24 heavy (non-hydrogen) atoms. The van der Waals surface area contributed by atoms with E-state index in [9.17, 15) is 4.79 Å². The van der Waals surface area contributed by atoms with Gasteiger partial charge in [0, 0.05) is 12.2 Å². The van der Waals surface area contributed by atoms with E-state index in [-0.39, 0.29) is 12.5 Å². The Morgan fingerprint density at radius 3 is 2.54 bits per heavy atom. The Balaban J connectivity index is 1.82. The van der Waals surface area contributed by atoms with Crippen LogP contribution in [-0.2, 0) is 20.9 Å². The van der Waals surface area contributed by atoms with Crippen molar-refractivity contribution in [2.75, 3.05) is 6.61 Å². The van der Waals surface area contributed by atoms with Crippen molar-refractivity contribution in [2.24, 2.45) is 5.92 Å². The molecule has 0 aliphatic carbocycles. The van der Waals surface area contributed by atoms with E-state index < -0.39 is 12.1 Å². The molecule has 130 valence electrons. The van der Waals surface area contributed by atoms with E-state index in [1.54, 1.807) is 6.92 Å². The van der Waals surface area contributed by atoms with E-state index in [4.69, 9.17) is 13.9 Å². The largest absolute Gasteiger partial charge is 0.454 e. The lowest BCUT2D eigenvalue weighted by Gasteiger charge is -2.12. The predicted octanol–water partition coefficient (Wildman–Crippen LogP) is 3.54. The lowest BCUT2D eigenvalue weighted by atomic mass is 10.1. The zero-order valence-corrected chi connectivity index (χ0v) is 14.6. The molecule has 0 N–H and O–H groups in total. The monoisotopic (exact) mass is 332 g/mol. The molecule has 0 bridgehead atoms. The summed E-state index contributed by atoms with van der Waals surface area (Å²) in [5.74, 6) is 0.760. The van der Waals surface area contributed by atoms with Crippen LogP contribution in [0.4, 0.5) is 0 Å². The van der Waals surface area contributed by atoms with Crippen LogP contribution in [0, 0.1) is 12.8 Å². The second-order valence-electron chi connectivity index (χ2n) is 6.17. The first-order valence-corrected chi connectivity index (χ1v) is 8.13. The van der Waals surface area contributed by atoms with Crippen molar-refractivity contribution in [1.29, 1.82) is 0 Å². The van der Waals surface area contributed by atoms with E-state index in [0.717, 1.165) is 17.5 Å². The fourth-order valence-corrected chi connectivity index (χ4v) is 1.92. The predicted molar refractivity (Wildman–Crippen MR) is 89.1 cm³/mol. The van der Waals surface area contributed by atoms with Gasteiger partial charge < -0.3 is 13.9 Å². The van der Waals surface area contributed by atoms with Gasteiger partial charge >= 0.3 is 5.97 Å². The van der Waals surface area contributed by atoms with Crippen molar-refractivity contribution in [3.05, 3.63) is 35.7 Å². The van der Waals surface area contributed by atoms with Gasteiger partial charge in [-0.2, -0.15) is 0 Å². The van der Waals surface area contributed by atoms with Gasteiger partial charge in [0.1, 0.15) is 0 Å². The molecule has 0 radical (unpaired) electrons. The molecule has 1 atom stereocenters. The second kappa shape index (κ2) is 8.59. The van der Waals surface area contributed by atoms with Crippen molar-refractivity contribution in [3.8, 4) is 11.5 Å². The fraction of sp³-hybridized carbons (Fsp3) is 0.500. The van der Waals surface area contributed by atoms with Crippen molar-refractivity contribution in [3.63, 3.8) is 0 Å². The Morgan fingerprint density at radius 1 is 1.17 bits per heavy atom. The third kappa shape index (κ3) is 5.45. The van der Waals surface area contributed by atoms with Gasteiger partial charge in [0.15, 0.2) is 12.7 Å². The Labute approximate surface area is 142 Å². The second-order valence-corrected chi connectivity index (χ2v) is 6.17. The molecule has 0 amide bonds. The molecule has 2 aromatic rings. The maximum absolute atomic E-state index is 11.9. The third-order valence-corrected chi connectivity index (χ3v) is 3.50.